The number of aromatic nitrogens is 1. The van der Waals surface area contributed by atoms with Crippen molar-refractivity contribution in [3.8, 4) is 0 Å². The van der Waals surface area contributed by atoms with Crippen LogP contribution in [0, 0.1) is 0 Å². The number of amides is 2. The number of nitrogens with one attached hydrogen (secondary N) is 2. The summed E-state index contributed by atoms with van der Waals surface area (Å²) < 4.78 is 1.87. The van der Waals surface area contributed by atoms with E-state index in [-0.39, 0.29) is 6.03 Å². The Morgan fingerprint density at radius 2 is 2.32 bits per heavy atom. The van der Waals surface area contributed by atoms with Crippen molar-refractivity contribution in [3.63, 3.8) is 0 Å². The Labute approximate surface area is 115 Å². The number of aliphatic hydroxyl groups is 1. The third-order valence-electron chi connectivity index (χ3n) is 2.79. The van der Waals surface area contributed by atoms with Crippen LogP contribution in [0.3, 0.4) is 0 Å². The number of aliphatic hydroxyl groups excluding tert-OH is 1. The third kappa shape index (κ3) is 3.84. The zero-order valence-corrected chi connectivity index (χ0v) is 11.5. The number of carbonyl (C=O) groups is 1. The van der Waals surface area contributed by atoms with Gasteiger partial charge in [0, 0.05) is 25.5 Å². The van der Waals surface area contributed by atoms with Crippen molar-refractivity contribution in [2.24, 2.45) is 7.05 Å². The Morgan fingerprint density at radius 1 is 1.47 bits per heavy atom. The van der Waals surface area contributed by atoms with E-state index in [2.05, 4.69) is 10.6 Å². The second-order valence-electron chi connectivity index (χ2n) is 4.21. The van der Waals surface area contributed by atoms with E-state index in [1.807, 2.05) is 47.5 Å². The van der Waals surface area contributed by atoms with Crippen LogP contribution in [0.1, 0.15) is 18.2 Å². The lowest BCUT2D eigenvalue weighted by atomic mass is 10.2. The molecule has 2 rings (SSSR count). The molecule has 19 heavy (non-hydrogen) atoms. The van der Waals surface area contributed by atoms with Gasteiger partial charge in [-0.05, 0) is 36.1 Å². The summed E-state index contributed by atoms with van der Waals surface area (Å²) in [6, 6.07) is 7.22. The van der Waals surface area contributed by atoms with E-state index in [1.54, 1.807) is 0 Å². The molecule has 0 radical (unpaired) electrons. The molecular formula is C13H17N3O2S. The van der Waals surface area contributed by atoms with Gasteiger partial charge in [0.15, 0.2) is 0 Å². The number of hydrogen-bond donors (Lipinski definition) is 3. The quantitative estimate of drug-likeness (QED) is 0.786. The summed E-state index contributed by atoms with van der Waals surface area (Å²) in [6.07, 6.45) is 1.80. The molecule has 5 nitrogen and oxygen atoms in total. The Bertz CT molecular complexity index is 522. The van der Waals surface area contributed by atoms with Gasteiger partial charge in [-0.3, -0.25) is 5.32 Å². The Balaban J connectivity index is 1.72. The van der Waals surface area contributed by atoms with E-state index >= 15 is 0 Å². The normalized spacial score (nSPS) is 12.1. The van der Waals surface area contributed by atoms with Crippen LogP contribution in [-0.4, -0.2) is 22.2 Å². The van der Waals surface area contributed by atoms with Crippen molar-refractivity contribution in [3.05, 3.63) is 41.5 Å². The summed E-state index contributed by atoms with van der Waals surface area (Å²) in [5, 5.41) is 18.1. The molecule has 0 spiro atoms. The fourth-order valence-electron chi connectivity index (χ4n) is 1.80. The van der Waals surface area contributed by atoms with Gasteiger partial charge in [-0.2, -0.15) is 0 Å². The molecule has 0 unspecified atom stereocenters. The van der Waals surface area contributed by atoms with Crippen LogP contribution in [0.25, 0.3) is 0 Å². The van der Waals surface area contributed by atoms with Crippen molar-refractivity contribution >= 4 is 22.4 Å². The highest BCUT2D eigenvalue weighted by Crippen LogP contribution is 2.16. The summed E-state index contributed by atoms with van der Waals surface area (Å²) in [6.45, 7) is 0.420. The molecular weight excluding hydrogens is 262 g/mol. The Kier molecular flexibility index (Phi) is 4.59. The van der Waals surface area contributed by atoms with Gasteiger partial charge in [-0.15, -0.1) is 11.3 Å². The lowest BCUT2D eigenvalue weighted by Crippen LogP contribution is -2.30. The fourth-order valence-corrected chi connectivity index (χ4v) is 2.41. The van der Waals surface area contributed by atoms with E-state index in [0.29, 0.717) is 13.0 Å². The first-order chi connectivity index (χ1) is 9.16. The number of anilines is 1. The summed E-state index contributed by atoms with van der Waals surface area (Å²) in [7, 11) is 1.88. The largest absolute Gasteiger partial charge is 0.387 e. The van der Waals surface area contributed by atoms with Crippen LogP contribution in [0.15, 0.2) is 35.8 Å². The number of hydrogen-bond acceptors (Lipinski definition) is 3. The number of thiophene rings is 1. The van der Waals surface area contributed by atoms with Gasteiger partial charge in [-0.1, -0.05) is 0 Å². The standard InChI is InChI=1S/C13H17N3O2S/c1-16-8-2-4-10(16)11(17)6-7-14-13(18)15-12-5-3-9-19-12/h2-5,8-9,11,17H,6-7H2,1H3,(H2,14,15,18)/t11-/m0/s1. The minimum atomic E-state index is -0.568. The molecule has 1 atom stereocenters. The van der Waals surface area contributed by atoms with Gasteiger partial charge in [0.05, 0.1) is 11.1 Å². The van der Waals surface area contributed by atoms with Gasteiger partial charge in [0.25, 0.3) is 0 Å². The van der Waals surface area contributed by atoms with Crippen LogP contribution in [0.5, 0.6) is 0 Å². The molecule has 0 aromatic carbocycles. The van der Waals surface area contributed by atoms with E-state index in [4.69, 9.17) is 0 Å². The molecule has 0 saturated carbocycles. The summed E-state index contributed by atoms with van der Waals surface area (Å²) in [5.41, 5.74) is 0.848. The smallest absolute Gasteiger partial charge is 0.319 e. The topological polar surface area (TPSA) is 66.3 Å². The molecule has 0 aliphatic heterocycles. The Morgan fingerprint density at radius 3 is 2.95 bits per heavy atom. The molecule has 2 aromatic heterocycles. The monoisotopic (exact) mass is 279 g/mol. The fraction of sp³-hybridized carbons (Fsp3) is 0.308. The molecule has 0 fully saturated rings. The van der Waals surface area contributed by atoms with E-state index in [9.17, 15) is 9.90 Å². The van der Waals surface area contributed by atoms with Crippen LogP contribution in [0.2, 0.25) is 0 Å². The molecule has 0 saturated heterocycles. The van der Waals surface area contributed by atoms with Crippen molar-refractivity contribution < 1.29 is 9.90 Å². The summed E-state index contributed by atoms with van der Waals surface area (Å²) >= 11 is 1.47. The van der Waals surface area contributed by atoms with Gasteiger partial charge in [-0.25, -0.2) is 4.79 Å². The molecule has 0 aliphatic carbocycles. The number of aryl methyl sites for hydroxylation is 1. The van der Waals surface area contributed by atoms with Gasteiger partial charge >= 0.3 is 6.03 Å². The summed E-state index contributed by atoms with van der Waals surface area (Å²) in [4.78, 5) is 11.5. The minimum Gasteiger partial charge on any atom is -0.387 e. The number of carbonyl (C=O) groups excluding carboxylic acids is 1. The van der Waals surface area contributed by atoms with E-state index < -0.39 is 6.10 Å². The third-order valence-corrected chi connectivity index (χ3v) is 3.57. The maximum atomic E-state index is 11.5. The maximum absolute atomic E-state index is 11.5. The lowest BCUT2D eigenvalue weighted by molar-refractivity contribution is 0.159. The highest BCUT2D eigenvalue weighted by molar-refractivity contribution is 7.14. The number of rotatable bonds is 5. The highest BCUT2D eigenvalue weighted by atomic mass is 32.1. The van der Waals surface area contributed by atoms with Crippen LogP contribution < -0.4 is 10.6 Å². The number of nitrogens with zero attached hydrogens (tertiary/aromatic N) is 1. The molecule has 102 valence electrons. The average Bonchev–Trinajstić information content (AvgIpc) is 3.00. The molecule has 0 aliphatic rings. The number of urea groups is 1. The van der Waals surface area contributed by atoms with Crippen LogP contribution >= 0.6 is 11.3 Å². The predicted molar refractivity (Wildman–Crippen MR) is 76.3 cm³/mol. The lowest BCUT2D eigenvalue weighted by Gasteiger charge is -2.12. The van der Waals surface area contributed by atoms with Gasteiger partial charge in [0.2, 0.25) is 0 Å². The average molecular weight is 279 g/mol. The zero-order valence-electron chi connectivity index (χ0n) is 10.7. The SMILES string of the molecule is Cn1cccc1[C@@H](O)CCNC(=O)Nc1cccs1. The summed E-state index contributed by atoms with van der Waals surface area (Å²) in [5.74, 6) is 0. The molecule has 3 N–H and O–H groups in total. The minimum absolute atomic E-state index is 0.249. The van der Waals surface area contributed by atoms with E-state index in [0.717, 1.165) is 10.7 Å². The zero-order chi connectivity index (χ0) is 13.7. The first-order valence-electron chi connectivity index (χ1n) is 6.04. The van der Waals surface area contributed by atoms with Crippen LogP contribution in [0.4, 0.5) is 9.80 Å². The molecule has 2 aromatic rings. The maximum Gasteiger partial charge on any atom is 0.319 e. The van der Waals surface area contributed by atoms with Crippen molar-refractivity contribution in [2.45, 2.75) is 12.5 Å². The first kappa shape index (κ1) is 13.6. The predicted octanol–water partition coefficient (Wildman–Crippen LogP) is 2.33. The molecule has 0 bridgehead atoms. The molecule has 2 amide bonds. The highest BCUT2D eigenvalue weighted by Gasteiger charge is 2.10. The first-order valence-corrected chi connectivity index (χ1v) is 6.92. The van der Waals surface area contributed by atoms with Crippen molar-refractivity contribution in [2.75, 3.05) is 11.9 Å². The second-order valence-corrected chi connectivity index (χ2v) is 5.15. The van der Waals surface area contributed by atoms with Gasteiger partial charge < -0.3 is 15.0 Å². The van der Waals surface area contributed by atoms with Gasteiger partial charge in [0.1, 0.15) is 0 Å². The molecule has 2 heterocycles. The van der Waals surface area contributed by atoms with E-state index in [1.165, 1.54) is 11.3 Å². The van der Waals surface area contributed by atoms with Crippen molar-refractivity contribution in [1.82, 2.24) is 9.88 Å². The Hall–Kier alpha value is -1.79. The molecule has 6 heteroatoms. The van der Waals surface area contributed by atoms with Crippen molar-refractivity contribution in [1.29, 1.82) is 0 Å². The second kappa shape index (κ2) is 6.40. The van der Waals surface area contributed by atoms with Crippen LogP contribution in [-0.2, 0) is 7.05 Å².